The van der Waals surface area contributed by atoms with Crippen LogP contribution >= 0.6 is 106 Å². The quantitative estimate of drug-likeness (QED) is 0.349. The second kappa shape index (κ2) is 13.9. The molecule has 0 fully saturated rings. The lowest BCUT2D eigenvalue weighted by Gasteiger charge is -1.93. The van der Waals surface area contributed by atoms with E-state index in [1.807, 2.05) is 4.31 Å². The van der Waals surface area contributed by atoms with Crippen LogP contribution in [0.3, 0.4) is 0 Å². The molecule has 0 atom stereocenters. The SMILES string of the molecule is ClC(Cl)(Cl)Cl.O.O=CC(Cl)(Cl)Cl.S=C=S. The molecule has 0 heterocycles. The van der Waals surface area contributed by atoms with Crippen LogP contribution < -0.4 is 0 Å². The zero-order chi connectivity index (χ0) is 12.4. The molecule has 0 aliphatic rings. The van der Waals surface area contributed by atoms with E-state index in [-0.39, 0.29) is 11.8 Å². The number of carbonyl (C=O) groups is 1. The minimum absolute atomic E-state index is 0. The number of hydrogen-bond donors (Lipinski definition) is 0. The molecule has 0 saturated heterocycles. The molecule has 0 aromatic carbocycles. The van der Waals surface area contributed by atoms with Crippen LogP contribution in [0.2, 0.25) is 0 Å². The maximum atomic E-state index is 9.43. The highest BCUT2D eigenvalue weighted by Gasteiger charge is 2.16. The summed E-state index contributed by atoms with van der Waals surface area (Å²) in [6.07, 6.45) is 0.234. The van der Waals surface area contributed by atoms with E-state index in [0.29, 0.717) is 0 Å². The van der Waals surface area contributed by atoms with Crippen LogP contribution in [0.5, 0.6) is 0 Å². The Morgan fingerprint density at radius 1 is 0.933 bits per heavy atom. The van der Waals surface area contributed by atoms with E-state index in [1.165, 1.54) is 0 Å². The van der Waals surface area contributed by atoms with E-state index in [9.17, 15) is 4.79 Å². The second-order valence-electron chi connectivity index (χ2n) is 1.17. The van der Waals surface area contributed by atoms with Gasteiger partial charge in [-0.15, -0.1) is 0 Å². The van der Waals surface area contributed by atoms with Crippen molar-refractivity contribution in [2.75, 3.05) is 0 Å². The summed E-state index contributed by atoms with van der Waals surface area (Å²) in [6, 6.07) is 0. The summed E-state index contributed by atoms with van der Waals surface area (Å²) < 4.78 is -1.42. The molecule has 2 N–H and O–H groups in total. The normalized spacial score (nSPS) is 9.00. The lowest BCUT2D eigenvalue weighted by atomic mass is 10.9. The molecular weight excluding hydrogens is 392 g/mol. The van der Waals surface area contributed by atoms with Gasteiger partial charge in [-0.3, -0.25) is 4.79 Å². The van der Waals surface area contributed by atoms with Gasteiger partial charge in [0.2, 0.25) is 3.79 Å². The smallest absolute Gasteiger partial charge is 0.266 e. The molecule has 0 bridgehead atoms. The summed E-state index contributed by atoms with van der Waals surface area (Å²) in [7, 11) is 0. The van der Waals surface area contributed by atoms with Gasteiger partial charge in [0.05, 0.1) is 0 Å². The number of alkyl halides is 7. The molecule has 15 heavy (non-hydrogen) atoms. The Bertz CT molecular complexity index is 174. The first-order chi connectivity index (χ1) is 5.97. The van der Waals surface area contributed by atoms with Gasteiger partial charge >= 0.3 is 0 Å². The standard InChI is InChI=1S/C2HCl3O.CCl4.CS2.H2O/c3-2(4,5)1-6;2-1(3,4)5;2-1-3;/h1H;;;1H2. The molecule has 0 saturated carbocycles. The predicted octanol–water partition coefficient (Wildman–Crippen LogP) is 4.30. The first-order valence-corrected chi connectivity index (χ1v) is 5.72. The number of rotatable bonds is 0. The van der Waals surface area contributed by atoms with Crippen LogP contribution in [-0.2, 0) is 4.79 Å². The fraction of sp³-hybridized carbons (Fsp3) is 0.500. The second-order valence-corrected chi connectivity index (χ2v) is 7.64. The zero-order valence-electron chi connectivity index (χ0n) is 6.45. The topological polar surface area (TPSA) is 48.6 Å². The third-order valence-corrected chi connectivity index (χ3v) is 0.401. The minimum Gasteiger partial charge on any atom is -0.412 e. The van der Waals surface area contributed by atoms with E-state index < -0.39 is 7.04 Å². The summed E-state index contributed by atoms with van der Waals surface area (Å²) in [5.41, 5.74) is 0. The number of hydrogen-bond acceptors (Lipinski definition) is 3. The Morgan fingerprint density at radius 2 is 1.00 bits per heavy atom. The molecule has 0 aromatic heterocycles. The van der Waals surface area contributed by atoms with Gasteiger partial charge < -0.3 is 5.48 Å². The van der Waals surface area contributed by atoms with Gasteiger partial charge in [0, 0.05) is 4.31 Å². The van der Waals surface area contributed by atoms with Gasteiger partial charge in [-0.1, -0.05) is 81.2 Å². The van der Waals surface area contributed by atoms with Crippen molar-refractivity contribution in [3.63, 3.8) is 0 Å². The van der Waals surface area contributed by atoms with Crippen LogP contribution in [0.25, 0.3) is 0 Å². The van der Waals surface area contributed by atoms with Gasteiger partial charge in [0.15, 0.2) is 6.29 Å². The third-order valence-electron chi connectivity index (χ3n) is 0.134. The predicted molar refractivity (Wildman–Crippen MR) is 76.3 cm³/mol. The molecule has 92 valence electrons. The zero-order valence-corrected chi connectivity index (χ0v) is 13.4. The fourth-order valence-electron chi connectivity index (χ4n) is 0. The Hall–Kier alpha value is 1.88. The molecule has 2 nitrogen and oxygen atoms in total. The molecule has 0 rings (SSSR count). The van der Waals surface area contributed by atoms with Crippen molar-refractivity contribution in [2.24, 2.45) is 0 Å². The Labute approximate surface area is 132 Å². The van der Waals surface area contributed by atoms with E-state index in [1.54, 1.807) is 0 Å². The first-order valence-electron chi connectivity index (χ1n) is 2.26. The van der Waals surface area contributed by atoms with Gasteiger partial charge in [0.1, 0.15) is 0 Å². The lowest BCUT2D eigenvalue weighted by Crippen LogP contribution is -2.00. The van der Waals surface area contributed by atoms with Gasteiger partial charge in [0.25, 0.3) is 3.25 Å². The van der Waals surface area contributed by atoms with E-state index in [2.05, 4.69) is 24.4 Å². The van der Waals surface area contributed by atoms with Crippen molar-refractivity contribution in [2.45, 2.75) is 7.04 Å². The highest BCUT2D eigenvalue weighted by atomic mass is 35.6. The maximum Gasteiger partial charge on any atom is 0.266 e. The lowest BCUT2D eigenvalue weighted by molar-refractivity contribution is -0.107. The van der Waals surface area contributed by atoms with E-state index >= 15 is 0 Å². The molecule has 0 unspecified atom stereocenters. The number of thiocarbonyl (C=S) groups is 2. The molecule has 0 amide bonds. The molecule has 0 spiro atoms. The summed E-state index contributed by atoms with van der Waals surface area (Å²) in [4.78, 5) is 9.43. The van der Waals surface area contributed by atoms with Crippen molar-refractivity contribution in [3.8, 4) is 0 Å². The van der Waals surface area contributed by atoms with Crippen LogP contribution in [0.15, 0.2) is 0 Å². The molecule has 11 heteroatoms. The van der Waals surface area contributed by atoms with Crippen molar-refractivity contribution < 1.29 is 10.3 Å². The van der Waals surface area contributed by atoms with Crippen molar-refractivity contribution >= 4 is 116 Å². The maximum absolute atomic E-state index is 9.43. The summed E-state index contributed by atoms with van der Waals surface area (Å²) >= 11 is 41.9. The molecule has 0 aliphatic carbocycles. The highest BCUT2D eigenvalue weighted by Crippen LogP contribution is 2.29. The largest absolute Gasteiger partial charge is 0.412 e. The Kier molecular flexibility index (Phi) is 23.9. The molecule has 0 radical (unpaired) electrons. The summed E-state index contributed by atoms with van der Waals surface area (Å²) in [5.74, 6) is 0. The average Bonchev–Trinajstić information content (AvgIpc) is 1.84. The van der Waals surface area contributed by atoms with Gasteiger partial charge in [-0.2, -0.15) is 0 Å². The van der Waals surface area contributed by atoms with Crippen LogP contribution in [0.1, 0.15) is 0 Å². The number of carbonyl (C=O) groups excluding carboxylic acids is 1. The van der Waals surface area contributed by atoms with Crippen molar-refractivity contribution in [3.05, 3.63) is 0 Å². The fourth-order valence-corrected chi connectivity index (χ4v) is 0. The highest BCUT2D eigenvalue weighted by molar-refractivity contribution is 7.93. The van der Waals surface area contributed by atoms with Crippen molar-refractivity contribution in [1.29, 1.82) is 0 Å². The monoisotopic (exact) mass is 392 g/mol. The molecular formula is C4H3Cl7O2S2. The van der Waals surface area contributed by atoms with Gasteiger partial charge in [-0.25, -0.2) is 0 Å². The molecule has 0 aromatic rings. The Balaban J connectivity index is -0.0000000617. The van der Waals surface area contributed by atoms with Crippen LogP contribution in [0.4, 0.5) is 0 Å². The van der Waals surface area contributed by atoms with Gasteiger partial charge in [-0.05, 0) is 24.4 Å². The minimum atomic E-state index is -1.72. The first kappa shape index (κ1) is 25.7. The Morgan fingerprint density at radius 3 is 1.00 bits per heavy atom. The third kappa shape index (κ3) is 128. The van der Waals surface area contributed by atoms with Crippen molar-refractivity contribution in [1.82, 2.24) is 0 Å². The number of halogens is 7. The van der Waals surface area contributed by atoms with Crippen LogP contribution in [0, 0.1) is 0 Å². The summed E-state index contributed by atoms with van der Waals surface area (Å²) in [5, 5.41) is 0. The van der Waals surface area contributed by atoms with Crippen LogP contribution in [-0.4, -0.2) is 23.1 Å². The van der Waals surface area contributed by atoms with E-state index in [4.69, 9.17) is 81.2 Å². The average molecular weight is 395 g/mol. The van der Waals surface area contributed by atoms with E-state index in [0.717, 1.165) is 0 Å². The molecule has 0 aliphatic heterocycles. The number of aldehydes is 1. The summed E-state index contributed by atoms with van der Waals surface area (Å²) in [6.45, 7) is 0.